The molecule has 1 aliphatic rings. The molecule has 1 aliphatic carbocycles. The number of hydrogen-bond donors (Lipinski definition) is 2. The molecule has 0 saturated heterocycles. The van der Waals surface area contributed by atoms with Gasteiger partial charge in [-0.05, 0) is 30.5 Å². The summed E-state index contributed by atoms with van der Waals surface area (Å²) in [4.78, 5) is 8.92. The van der Waals surface area contributed by atoms with Gasteiger partial charge < -0.3 is 20.5 Å². The van der Waals surface area contributed by atoms with Gasteiger partial charge in [0.15, 0.2) is 5.82 Å². The van der Waals surface area contributed by atoms with E-state index in [0.717, 1.165) is 30.0 Å². The van der Waals surface area contributed by atoms with Crippen molar-refractivity contribution in [2.75, 3.05) is 25.3 Å². The lowest BCUT2D eigenvalue weighted by Gasteiger charge is -2.13. The van der Waals surface area contributed by atoms with Gasteiger partial charge in [-0.3, -0.25) is 0 Å². The summed E-state index contributed by atoms with van der Waals surface area (Å²) in [5.41, 5.74) is 7.62. The maximum Gasteiger partial charge on any atom is 0.242 e. The molecule has 1 saturated carbocycles. The van der Waals surface area contributed by atoms with Crippen molar-refractivity contribution in [1.29, 1.82) is 0 Å². The van der Waals surface area contributed by atoms with Crippen molar-refractivity contribution in [3.63, 3.8) is 0 Å². The smallest absolute Gasteiger partial charge is 0.242 e. The molecule has 1 aromatic carbocycles. The second kappa shape index (κ2) is 6.09. The fraction of sp³-hybridized carbons (Fsp3) is 0.375. The molecular weight excluding hydrogens is 280 g/mol. The monoisotopic (exact) mass is 300 g/mol. The van der Waals surface area contributed by atoms with Gasteiger partial charge in [0, 0.05) is 12.5 Å². The van der Waals surface area contributed by atoms with Gasteiger partial charge in [-0.2, -0.15) is 4.98 Å². The molecule has 3 N–H and O–H groups in total. The average molecular weight is 300 g/mol. The quantitative estimate of drug-likeness (QED) is 0.853. The molecular formula is C16H20N4O2. The van der Waals surface area contributed by atoms with E-state index in [9.17, 15) is 0 Å². The molecule has 0 bridgehead atoms. The molecule has 0 aliphatic heterocycles. The van der Waals surface area contributed by atoms with E-state index in [1.807, 2.05) is 24.3 Å². The Bertz CT molecular complexity index is 654. The zero-order chi connectivity index (χ0) is 15.5. The van der Waals surface area contributed by atoms with Crippen LogP contribution in [0.5, 0.6) is 11.6 Å². The van der Waals surface area contributed by atoms with Crippen LogP contribution in [0.15, 0.2) is 24.3 Å². The fourth-order valence-electron chi connectivity index (χ4n) is 2.21. The minimum atomic E-state index is 0.439. The first kappa shape index (κ1) is 14.4. The van der Waals surface area contributed by atoms with Gasteiger partial charge in [0.05, 0.1) is 14.2 Å². The van der Waals surface area contributed by atoms with Crippen LogP contribution in [0, 0.1) is 0 Å². The average Bonchev–Trinajstić information content (AvgIpc) is 3.39. The SMILES string of the molecule is COc1ccc(CNc2nc(C3CC3)nc(OC)c2N)cc1. The standard InChI is InChI=1S/C16H20N4O2/c1-21-12-7-3-10(4-8-12)9-18-15-13(17)16(22-2)20-14(19-15)11-5-6-11/h3-4,7-8,11H,5-6,9,17H2,1-2H3,(H,18,19,20). The molecule has 6 nitrogen and oxygen atoms in total. The summed E-state index contributed by atoms with van der Waals surface area (Å²) in [5.74, 6) is 3.15. The fourth-order valence-corrected chi connectivity index (χ4v) is 2.21. The maximum absolute atomic E-state index is 6.06. The molecule has 116 valence electrons. The Morgan fingerprint density at radius 3 is 2.45 bits per heavy atom. The van der Waals surface area contributed by atoms with E-state index in [2.05, 4.69) is 15.3 Å². The van der Waals surface area contributed by atoms with Crippen LogP contribution in [-0.4, -0.2) is 24.2 Å². The van der Waals surface area contributed by atoms with Crippen molar-refractivity contribution in [3.8, 4) is 11.6 Å². The number of nitrogens with two attached hydrogens (primary N) is 1. The summed E-state index contributed by atoms with van der Waals surface area (Å²) in [6.45, 7) is 0.623. The highest BCUT2D eigenvalue weighted by Gasteiger charge is 2.28. The first-order valence-corrected chi connectivity index (χ1v) is 7.29. The predicted octanol–water partition coefficient (Wildman–Crippen LogP) is 2.57. The van der Waals surface area contributed by atoms with Crippen molar-refractivity contribution in [2.45, 2.75) is 25.3 Å². The van der Waals surface area contributed by atoms with Crippen LogP contribution < -0.4 is 20.5 Å². The molecule has 1 fully saturated rings. The highest BCUT2D eigenvalue weighted by Crippen LogP contribution is 2.40. The van der Waals surface area contributed by atoms with E-state index in [-0.39, 0.29) is 0 Å². The summed E-state index contributed by atoms with van der Waals surface area (Å²) in [6, 6.07) is 7.86. The van der Waals surface area contributed by atoms with Crippen molar-refractivity contribution >= 4 is 11.5 Å². The van der Waals surface area contributed by atoms with Crippen molar-refractivity contribution in [1.82, 2.24) is 9.97 Å². The number of aromatic nitrogens is 2. The number of ether oxygens (including phenoxy) is 2. The second-order valence-electron chi connectivity index (χ2n) is 5.33. The number of anilines is 2. The maximum atomic E-state index is 6.06. The third kappa shape index (κ3) is 3.05. The third-order valence-corrected chi connectivity index (χ3v) is 3.68. The van der Waals surface area contributed by atoms with E-state index in [0.29, 0.717) is 29.8 Å². The molecule has 0 radical (unpaired) electrons. The number of nitrogens with one attached hydrogen (secondary N) is 1. The number of rotatable bonds is 6. The zero-order valence-electron chi connectivity index (χ0n) is 12.8. The van der Waals surface area contributed by atoms with Gasteiger partial charge in [0.25, 0.3) is 0 Å². The Balaban J connectivity index is 1.76. The summed E-state index contributed by atoms with van der Waals surface area (Å²) < 4.78 is 10.4. The number of methoxy groups -OCH3 is 2. The molecule has 0 atom stereocenters. The second-order valence-corrected chi connectivity index (χ2v) is 5.33. The highest BCUT2D eigenvalue weighted by molar-refractivity contribution is 5.67. The van der Waals surface area contributed by atoms with Gasteiger partial charge in [-0.15, -0.1) is 0 Å². The molecule has 6 heteroatoms. The number of nitrogens with zero attached hydrogens (tertiary/aromatic N) is 2. The summed E-state index contributed by atoms with van der Waals surface area (Å²) >= 11 is 0. The van der Waals surface area contributed by atoms with E-state index >= 15 is 0 Å². The van der Waals surface area contributed by atoms with E-state index in [1.54, 1.807) is 14.2 Å². The van der Waals surface area contributed by atoms with Gasteiger partial charge in [-0.25, -0.2) is 4.98 Å². The predicted molar refractivity (Wildman–Crippen MR) is 85.3 cm³/mol. The Hall–Kier alpha value is -2.50. The van der Waals surface area contributed by atoms with Gasteiger partial charge in [0.2, 0.25) is 5.88 Å². The van der Waals surface area contributed by atoms with Crippen LogP contribution in [0.25, 0.3) is 0 Å². The molecule has 0 unspecified atom stereocenters. The summed E-state index contributed by atoms with van der Waals surface area (Å²) in [7, 11) is 3.23. The molecule has 3 rings (SSSR count). The largest absolute Gasteiger partial charge is 0.497 e. The van der Waals surface area contributed by atoms with E-state index in [1.165, 1.54) is 0 Å². The van der Waals surface area contributed by atoms with Crippen LogP contribution in [0.1, 0.15) is 30.1 Å². The van der Waals surface area contributed by atoms with Crippen molar-refractivity contribution < 1.29 is 9.47 Å². The zero-order valence-corrected chi connectivity index (χ0v) is 12.8. The van der Waals surface area contributed by atoms with Crippen molar-refractivity contribution in [3.05, 3.63) is 35.7 Å². The Morgan fingerprint density at radius 2 is 1.86 bits per heavy atom. The van der Waals surface area contributed by atoms with Gasteiger partial charge in [-0.1, -0.05) is 12.1 Å². The van der Waals surface area contributed by atoms with E-state index < -0.39 is 0 Å². The van der Waals surface area contributed by atoms with Crippen LogP contribution >= 0.6 is 0 Å². The van der Waals surface area contributed by atoms with Crippen LogP contribution in [0.4, 0.5) is 11.5 Å². The third-order valence-electron chi connectivity index (χ3n) is 3.68. The van der Waals surface area contributed by atoms with Crippen LogP contribution in [0.2, 0.25) is 0 Å². The number of benzene rings is 1. The molecule has 1 heterocycles. The van der Waals surface area contributed by atoms with Crippen LogP contribution in [-0.2, 0) is 6.54 Å². The minimum absolute atomic E-state index is 0.439. The Kier molecular flexibility index (Phi) is 4.00. The number of hydrogen-bond acceptors (Lipinski definition) is 6. The Labute approximate surface area is 129 Å². The van der Waals surface area contributed by atoms with Gasteiger partial charge >= 0.3 is 0 Å². The summed E-state index contributed by atoms with van der Waals surface area (Å²) in [5, 5.41) is 3.27. The van der Waals surface area contributed by atoms with Crippen LogP contribution in [0.3, 0.4) is 0 Å². The van der Waals surface area contributed by atoms with Gasteiger partial charge in [0.1, 0.15) is 17.3 Å². The first-order valence-electron chi connectivity index (χ1n) is 7.29. The van der Waals surface area contributed by atoms with E-state index in [4.69, 9.17) is 15.2 Å². The first-order chi connectivity index (χ1) is 10.7. The summed E-state index contributed by atoms with van der Waals surface area (Å²) in [6.07, 6.45) is 2.26. The molecule has 2 aromatic rings. The lowest BCUT2D eigenvalue weighted by molar-refractivity contribution is 0.397. The normalized spacial score (nSPS) is 13.7. The molecule has 0 amide bonds. The minimum Gasteiger partial charge on any atom is -0.497 e. The lowest BCUT2D eigenvalue weighted by Crippen LogP contribution is -2.09. The van der Waals surface area contributed by atoms with Crippen molar-refractivity contribution in [2.24, 2.45) is 0 Å². The lowest BCUT2D eigenvalue weighted by atomic mass is 10.2. The topological polar surface area (TPSA) is 82.3 Å². The molecule has 0 spiro atoms. The Morgan fingerprint density at radius 1 is 1.14 bits per heavy atom. The number of nitrogen functional groups attached to an aromatic ring is 1. The highest BCUT2D eigenvalue weighted by atomic mass is 16.5. The molecule has 22 heavy (non-hydrogen) atoms. The molecule has 1 aromatic heterocycles.